The van der Waals surface area contributed by atoms with E-state index in [1.165, 1.54) is 16.2 Å². The molecule has 0 aliphatic rings. The standard InChI is InChI=1S/C22H20O2S2/c1-16-8-13-22(26-16)20(23)12-10-17-9-11-18(21(14-17)24-2)15-25-19-6-4-3-5-7-19/h3-14H,15H2,1-2H3/b12-10+. The summed E-state index contributed by atoms with van der Waals surface area (Å²) in [6, 6.07) is 20.2. The zero-order chi connectivity index (χ0) is 18.4. The Balaban J connectivity index is 1.69. The van der Waals surface area contributed by atoms with Gasteiger partial charge in [-0.15, -0.1) is 23.1 Å². The molecule has 4 heteroatoms. The van der Waals surface area contributed by atoms with Gasteiger partial charge in [-0.1, -0.05) is 36.4 Å². The summed E-state index contributed by atoms with van der Waals surface area (Å²) in [5.41, 5.74) is 2.09. The number of ketones is 1. The van der Waals surface area contributed by atoms with Crippen LogP contribution in [0.5, 0.6) is 5.75 Å². The van der Waals surface area contributed by atoms with Crippen molar-refractivity contribution in [3.05, 3.63) is 87.6 Å². The molecule has 0 N–H and O–H groups in total. The van der Waals surface area contributed by atoms with Crippen LogP contribution in [0.1, 0.15) is 25.7 Å². The molecule has 0 aliphatic carbocycles. The van der Waals surface area contributed by atoms with Crippen LogP contribution in [0.2, 0.25) is 0 Å². The Bertz CT molecular complexity index is 911. The average Bonchev–Trinajstić information content (AvgIpc) is 3.12. The Labute approximate surface area is 162 Å². The van der Waals surface area contributed by atoms with Crippen LogP contribution in [0.4, 0.5) is 0 Å². The van der Waals surface area contributed by atoms with Crippen LogP contribution in [0.3, 0.4) is 0 Å². The molecule has 132 valence electrons. The van der Waals surface area contributed by atoms with E-state index in [-0.39, 0.29) is 5.78 Å². The normalized spacial score (nSPS) is 11.0. The second kappa shape index (κ2) is 8.88. The van der Waals surface area contributed by atoms with E-state index in [1.807, 2.05) is 55.5 Å². The number of hydrogen-bond acceptors (Lipinski definition) is 4. The van der Waals surface area contributed by atoms with Gasteiger partial charge in [0.1, 0.15) is 5.75 Å². The quantitative estimate of drug-likeness (QED) is 0.275. The molecule has 1 heterocycles. The number of carbonyl (C=O) groups excluding carboxylic acids is 1. The fraction of sp³-hybridized carbons (Fsp3) is 0.136. The molecule has 0 amide bonds. The zero-order valence-corrected chi connectivity index (χ0v) is 16.4. The van der Waals surface area contributed by atoms with Crippen molar-refractivity contribution >= 4 is 35.0 Å². The summed E-state index contributed by atoms with van der Waals surface area (Å²) in [6.45, 7) is 2.00. The number of carbonyl (C=O) groups is 1. The Kier molecular flexibility index (Phi) is 6.31. The molecule has 0 atom stereocenters. The van der Waals surface area contributed by atoms with Gasteiger partial charge >= 0.3 is 0 Å². The first-order chi connectivity index (χ1) is 12.7. The minimum atomic E-state index is 0.0331. The molecular weight excluding hydrogens is 360 g/mol. The number of benzene rings is 2. The summed E-state index contributed by atoms with van der Waals surface area (Å²) in [6.07, 6.45) is 3.46. The molecule has 0 fully saturated rings. The molecule has 2 nitrogen and oxygen atoms in total. The lowest BCUT2D eigenvalue weighted by molar-refractivity contribution is 0.105. The summed E-state index contributed by atoms with van der Waals surface area (Å²) < 4.78 is 5.54. The summed E-state index contributed by atoms with van der Waals surface area (Å²) in [5.74, 6) is 1.71. The third kappa shape index (κ3) is 4.87. The van der Waals surface area contributed by atoms with Crippen LogP contribution in [0.15, 0.2) is 71.6 Å². The molecule has 3 rings (SSSR count). The summed E-state index contributed by atoms with van der Waals surface area (Å²) in [7, 11) is 1.68. The topological polar surface area (TPSA) is 26.3 Å². The third-order valence-corrected chi connectivity index (χ3v) is 5.94. The van der Waals surface area contributed by atoms with Crippen LogP contribution in [0, 0.1) is 6.92 Å². The van der Waals surface area contributed by atoms with Gasteiger partial charge < -0.3 is 4.74 Å². The van der Waals surface area contributed by atoms with Crippen LogP contribution in [0.25, 0.3) is 6.08 Å². The largest absolute Gasteiger partial charge is 0.496 e. The Morgan fingerprint density at radius 3 is 2.62 bits per heavy atom. The number of rotatable bonds is 7. The van der Waals surface area contributed by atoms with Gasteiger partial charge in [0.2, 0.25) is 0 Å². The molecule has 0 spiro atoms. The molecule has 0 saturated heterocycles. The monoisotopic (exact) mass is 380 g/mol. The fourth-order valence-corrected chi connectivity index (χ4v) is 4.18. The highest BCUT2D eigenvalue weighted by atomic mass is 32.2. The van der Waals surface area contributed by atoms with E-state index in [0.29, 0.717) is 0 Å². The molecule has 26 heavy (non-hydrogen) atoms. The molecule has 0 unspecified atom stereocenters. The highest BCUT2D eigenvalue weighted by Gasteiger charge is 2.07. The van der Waals surface area contributed by atoms with Crippen LogP contribution in [-0.4, -0.2) is 12.9 Å². The van der Waals surface area contributed by atoms with Crippen molar-refractivity contribution in [2.45, 2.75) is 17.6 Å². The molecule has 2 aromatic carbocycles. The van der Waals surface area contributed by atoms with Gasteiger partial charge in [-0.3, -0.25) is 4.79 Å². The first kappa shape index (κ1) is 18.5. The van der Waals surface area contributed by atoms with E-state index in [2.05, 4.69) is 18.2 Å². The maximum absolute atomic E-state index is 12.2. The Hall–Kier alpha value is -2.30. The van der Waals surface area contributed by atoms with E-state index in [1.54, 1.807) is 24.9 Å². The van der Waals surface area contributed by atoms with Crippen molar-refractivity contribution in [3.8, 4) is 5.75 Å². The van der Waals surface area contributed by atoms with Crippen LogP contribution >= 0.6 is 23.1 Å². The predicted octanol–water partition coefficient (Wildman–Crippen LogP) is 6.25. The molecular formula is C22H20O2S2. The maximum atomic E-state index is 12.2. The lowest BCUT2D eigenvalue weighted by Gasteiger charge is -2.09. The van der Waals surface area contributed by atoms with E-state index < -0.39 is 0 Å². The molecule has 0 saturated carbocycles. The molecule has 1 aromatic heterocycles. The van der Waals surface area contributed by atoms with Gasteiger partial charge in [-0.25, -0.2) is 0 Å². The van der Waals surface area contributed by atoms with Gasteiger partial charge in [0.05, 0.1) is 12.0 Å². The van der Waals surface area contributed by atoms with Crippen molar-refractivity contribution in [2.75, 3.05) is 7.11 Å². The first-order valence-corrected chi connectivity index (χ1v) is 10.1. The lowest BCUT2D eigenvalue weighted by atomic mass is 10.1. The van der Waals surface area contributed by atoms with Crippen molar-refractivity contribution in [3.63, 3.8) is 0 Å². The molecule has 0 radical (unpaired) electrons. The maximum Gasteiger partial charge on any atom is 0.195 e. The minimum absolute atomic E-state index is 0.0331. The van der Waals surface area contributed by atoms with Crippen molar-refractivity contribution in [1.29, 1.82) is 0 Å². The van der Waals surface area contributed by atoms with Gasteiger partial charge in [0, 0.05) is 21.1 Å². The number of ether oxygens (including phenoxy) is 1. The second-order valence-electron chi connectivity index (χ2n) is 5.78. The van der Waals surface area contributed by atoms with Gasteiger partial charge in [-0.2, -0.15) is 0 Å². The number of allylic oxidation sites excluding steroid dienone is 1. The highest BCUT2D eigenvalue weighted by Crippen LogP contribution is 2.29. The average molecular weight is 381 g/mol. The van der Waals surface area contributed by atoms with Gasteiger partial charge in [0.25, 0.3) is 0 Å². The number of thiophene rings is 1. The Morgan fingerprint density at radius 1 is 1.12 bits per heavy atom. The zero-order valence-electron chi connectivity index (χ0n) is 14.8. The second-order valence-corrected chi connectivity index (χ2v) is 8.12. The SMILES string of the molecule is COc1cc(/C=C/C(=O)c2ccc(C)s2)ccc1CSc1ccccc1. The van der Waals surface area contributed by atoms with E-state index >= 15 is 0 Å². The predicted molar refractivity (Wildman–Crippen MR) is 111 cm³/mol. The van der Waals surface area contributed by atoms with Gasteiger partial charge in [-0.05, 0) is 48.9 Å². The molecule has 0 aliphatic heterocycles. The fourth-order valence-electron chi connectivity index (χ4n) is 2.48. The Morgan fingerprint density at radius 2 is 1.92 bits per heavy atom. The first-order valence-electron chi connectivity index (χ1n) is 8.29. The number of hydrogen-bond donors (Lipinski definition) is 0. The molecule has 0 bridgehead atoms. The highest BCUT2D eigenvalue weighted by molar-refractivity contribution is 7.98. The summed E-state index contributed by atoms with van der Waals surface area (Å²) >= 11 is 3.29. The molecule has 3 aromatic rings. The van der Waals surface area contributed by atoms with E-state index in [0.717, 1.165) is 32.4 Å². The van der Waals surface area contributed by atoms with Crippen LogP contribution < -0.4 is 4.74 Å². The van der Waals surface area contributed by atoms with E-state index in [9.17, 15) is 4.79 Å². The van der Waals surface area contributed by atoms with Crippen LogP contribution in [-0.2, 0) is 5.75 Å². The number of methoxy groups -OCH3 is 1. The minimum Gasteiger partial charge on any atom is -0.496 e. The smallest absolute Gasteiger partial charge is 0.195 e. The lowest BCUT2D eigenvalue weighted by Crippen LogP contribution is -1.92. The van der Waals surface area contributed by atoms with Gasteiger partial charge in [0.15, 0.2) is 5.78 Å². The van der Waals surface area contributed by atoms with Crippen molar-refractivity contribution in [1.82, 2.24) is 0 Å². The van der Waals surface area contributed by atoms with E-state index in [4.69, 9.17) is 4.74 Å². The van der Waals surface area contributed by atoms with Crippen molar-refractivity contribution in [2.24, 2.45) is 0 Å². The third-order valence-electron chi connectivity index (χ3n) is 3.86. The summed E-state index contributed by atoms with van der Waals surface area (Å²) in [5, 5.41) is 0. The summed E-state index contributed by atoms with van der Waals surface area (Å²) in [4.78, 5) is 15.3. The van der Waals surface area contributed by atoms with Crippen molar-refractivity contribution < 1.29 is 9.53 Å². The number of aryl methyl sites for hydroxylation is 1. The number of thioether (sulfide) groups is 1.